The van der Waals surface area contributed by atoms with Gasteiger partial charge < -0.3 is 0 Å². The minimum atomic E-state index is -0.542. The molecule has 0 radical (unpaired) electrons. The minimum Gasteiger partial charge on any atom is -0.294 e. The van der Waals surface area contributed by atoms with Crippen LogP contribution in [0.4, 0.5) is 0 Å². The van der Waals surface area contributed by atoms with Crippen LogP contribution in [0.25, 0.3) is 0 Å². The normalized spacial score (nSPS) is 9.18. The Balaban J connectivity index is 3.13. The molecule has 0 unspecified atom stereocenters. The van der Waals surface area contributed by atoms with E-state index < -0.39 is 5.78 Å². The average Bonchev–Trinajstić information content (AvgIpc) is 2.04. The molecule has 0 spiro atoms. The van der Waals surface area contributed by atoms with Crippen molar-refractivity contribution in [2.75, 3.05) is 0 Å². The predicted octanol–water partition coefficient (Wildman–Crippen LogP) is 1.23. The molecule has 1 aromatic heterocycles. The minimum absolute atomic E-state index is 0.278. The maximum atomic E-state index is 10.8. The Bertz CT molecular complexity index is 298. The molecule has 0 atom stereocenters. The molecule has 1 aromatic rings. The van der Waals surface area contributed by atoms with E-state index in [2.05, 4.69) is 20.9 Å². The van der Waals surface area contributed by atoms with Crippen molar-refractivity contribution < 1.29 is 9.59 Å². The molecule has 11 heavy (non-hydrogen) atoms. The number of aldehydes is 1. The van der Waals surface area contributed by atoms with Crippen LogP contribution in [0.1, 0.15) is 10.4 Å². The Morgan fingerprint density at radius 1 is 1.64 bits per heavy atom. The number of ketones is 1. The Kier molecular flexibility index (Phi) is 2.48. The summed E-state index contributed by atoms with van der Waals surface area (Å²) >= 11 is 3.10. The summed E-state index contributed by atoms with van der Waals surface area (Å²) in [6.07, 6.45) is 3.21. The molecule has 0 saturated carbocycles. The van der Waals surface area contributed by atoms with Gasteiger partial charge in [-0.05, 0) is 22.0 Å². The third-order valence-electron chi connectivity index (χ3n) is 1.14. The molecule has 3 nitrogen and oxygen atoms in total. The number of pyridine rings is 1. The van der Waals surface area contributed by atoms with Crippen molar-refractivity contribution in [1.29, 1.82) is 0 Å². The van der Waals surface area contributed by atoms with Gasteiger partial charge in [0.2, 0.25) is 5.78 Å². The molecule has 0 aromatic carbocycles. The van der Waals surface area contributed by atoms with Gasteiger partial charge >= 0.3 is 0 Å². The summed E-state index contributed by atoms with van der Waals surface area (Å²) in [7, 11) is 0. The number of Topliss-reactive ketones (excluding diaryl/α,β-unsaturated/α-hetero) is 1. The monoisotopic (exact) mass is 213 g/mol. The Hall–Kier alpha value is -1.03. The average molecular weight is 214 g/mol. The van der Waals surface area contributed by atoms with E-state index in [4.69, 9.17) is 0 Å². The lowest BCUT2D eigenvalue weighted by Crippen LogP contribution is -2.00. The highest BCUT2D eigenvalue weighted by Gasteiger charge is 2.06. The molecule has 0 N–H and O–H groups in total. The first-order chi connectivity index (χ1) is 5.25. The molecule has 0 saturated heterocycles. The summed E-state index contributed by atoms with van der Waals surface area (Å²) < 4.78 is 0.539. The van der Waals surface area contributed by atoms with Gasteiger partial charge in [0.05, 0.1) is 0 Å². The third-order valence-corrected chi connectivity index (χ3v) is 1.78. The fourth-order valence-corrected chi connectivity index (χ4v) is 1.08. The van der Waals surface area contributed by atoms with Gasteiger partial charge in [0, 0.05) is 22.4 Å². The van der Waals surface area contributed by atoms with E-state index in [1.165, 1.54) is 18.5 Å². The van der Waals surface area contributed by atoms with Crippen molar-refractivity contribution in [1.82, 2.24) is 4.98 Å². The summed E-state index contributed by atoms with van der Waals surface area (Å²) in [4.78, 5) is 24.6. The van der Waals surface area contributed by atoms with Gasteiger partial charge in [0.1, 0.15) is 0 Å². The topological polar surface area (TPSA) is 47.0 Å². The maximum Gasteiger partial charge on any atom is 0.226 e. The molecule has 0 aliphatic rings. The van der Waals surface area contributed by atoms with Crippen molar-refractivity contribution in [2.24, 2.45) is 0 Å². The van der Waals surface area contributed by atoms with E-state index in [-0.39, 0.29) is 6.29 Å². The molecule has 4 heteroatoms. The second-order valence-corrected chi connectivity index (χ2v) is 2.69. The third kappa shape index (κ3) is 1.71. The number of nitrogens with zero attached hydrogens (tertiary/aromatic N) is 1. The molecule has 0 bridgehead atoms. The summed E-state index contributed by atoms with van der Waals surface area (Å²) in [5.41, 5.74) is 0.343. The zero-order valence-corrected chi connectivity index (χ0v) is 7.04. The number of carbonyl (C=O) groups excluding carboxylic acids is 2. The van der Waals surface area contributed by atoms with Crippen molar-refractivity contribution in [3.8, 4) is 0 Å². The number of hydrogen-bond donors (Lipinski definition) is 0. The van der Waals surface area contributed by atoms with Crippen LogP contribution in [0.5, 0.6) is 0 Å². The van der Waals surface area contributed by atoms with E-state index in [9.17, 15) is 9.59 Å². The summed E-state index contributed by atoms with van der Waals surface area (Å²) in [5, 5.41) is 0. The largest absolute Gasteiger partial charge is 0.294 e. The van der Waals surface area contributed by atoms with Crippen molar-refractivity contribution in [3.63, 3.8) is 0 Å². The van der Waals surface area contributed by atoms with E-state index in [0.717, 1.165) is 0 Å². The molecule has 56 valence electrons. The highest BCUT2D eigenvalue weighted by molar-refractivity contribution is 9.10. The van der Waals surface area contributed by atoms with Gasteiger partial charge in [0.25, 0.3) is 0 Å². The molecular weight excluding hydrogens is 210 g/mol. The fourth-order valence-electron chi connectivity index (χ4n) is 0.639. The second kappa shape index (κ2) is 3.39. The number of halogens is 1. The van der Waals surface area contributed by atoms with Crippen LogP contribution in [0.3, 0.4) is 0 Å². The van der Waals surface area contributed by atoms with E-state index >= 15 is 0 Å². The quantitative estimate of drug-likeness (QED) is 0.422. The van der Waals surface area contributed by atoms with Crippen molar-refractivity contribution >= 4 is 28.0 Å². The zero-order chi connectivity index (χ0) is 8.27. The fraction of sp³-hybridized carbons (Fsp3) is 0. The molecule has 0 aliphatic carbocycles. The van der Waals surface area contributed by atoms with Crippen LogP contribution in [0, 0.1) is 0 Å². The van der Waals surface area contributed by atoms with Gasteiger partial charge in [-0.25, -0.2) is 0 Å². The first kappa shape index (κ1) is 8.07. The Morgan fingerprint density at radius 2 is 2.36 bits per heavy atom. The SMILES string of the molecule is O=CC(=O)c1ccncc1Br. The molecule has 1 rings (SSSR count). The van der Waals surface area contributed by atoms with Crippen LogP contribution in [-0.4, -0.2) is 17.1 Å². The molecule has 0 aliphatic heterocycles. The van der Waals surface area contributed by atoms with Gasteiger partial charge in [-0.15, -0.1) is 0 Å². The van der Waals surface area contributed by atoms with Crippen LogP contribution in [-0.2, 0) is 4.79 Å². The summed E-state index contributed by atoms with van der Waals surface area (Å²) in [6, 6.07) is 1.49. The van der Waals surface area contributed by atoms with Crippen molar-refractivity contribution in [2.45, 2.75) is 0 Å². The molecular formula is C7H4BrNO2. The first-order valence-electron chi connectivity index (χ1n) is 2.84. The number of hydrogen-bond acceptors (Lipinski definition) is 3. The van der Waals surface area contributed by atoms with Crippen molar-refractivity contribution in [3.05, 3.63) is 28.5 Å². The van der Waals surface area contributed by atoms with Crippen LogP contribution >= 0.6 is 15.9 Å². The number of aromatic nitrogens is 1. The lowest BCUT2D eigenvalue weighted by Gasteiger charge is -1.94. The lowest BCUT2D eigenvalue weighted by molar-refractivity contribution is -0.104. The highest BCUT2D eigenvalue weighted by Crippen LogP contribution is 2.13. The van der Waals surface area contributed by atoms with E-state index in [1.807, 2.05) is 0 Å². The zero-order valence-electron chi connectivity index (χ0n) is 5.45. The number of rotatable bonds is 2. The first-order valence-corrected chi connectivity index (χ1v) is 3.64. The van der Waals surface area contributed by atoms with Gasteiger partial charge in [0.15, 0.2) is 6.29 Å². The smallest absolute Gasteiger partial charge is 0.226 e. The van der Waals surface area contributed by atoms with E-state index in [1.54, 1.807) is 0 Å². The van der Waals surface area contributed by atoms with Crippen LogP contribution in [0.2, 0.25) is 0 Å². The van der Waals surface area contributed by atoms with Crippen LogP contribution in [0.15, 0.2) is 22.9 Å². The maximum absolute atomic E-state index is 10.8. The lowest BCUT2D eigenvalue weighted by atomic mass is 10.2. The van der Waals surface area contributed by atoms with Crippen LogP contribution < -0.4 is 0 Å². The van der Waals surface area contributed by atoms with Gasteiger partial charge in [-0.3, -0.25) is 14.6 Å². The van der Waals surface area contributed by atoms with Gasteiger partial charge in [-0.2, -0.15) is 0 Å². The highest BCUT2D eigenvalue weighted by atomic mass is 79.9. The Morgan fingerprint density at radius 3 is 2.91 bits per heavy atom. The summed E-state index contributed by atoms with van der Waals surface area (Å²) in [6.45, 7) is 0. The summed E-state index contributed by atoms with van der Waals surface area (Å²) in [5.74, 6) is -0.542. The van der Waals surface area contributed by atoms with Gasteiger partial charge in [-0.1, -0.05) is 0 Å². The number of carbonyl (C=O) groups is 2. The standard InChI is InChI=1S/C7H4BrNO2/c8-6-3-9-2-1-5(6)7(11)4-10/h1-4H. The molecule has 0 amide bonds. The molecule has 1 heterocycles. The Labute approximate surface area is 71.6 Å². The predicted molar refractivity (Wildman–Crippen MR) is 42.3 cm³/mol. The van der Waals surface area contributed by atoms with E-state index in [0.29, 0.717) is 10.0 Å². The molecule has 0 fully saturated rings. The second-order valence-electron chi connectivity index (χ2n) is 1.84.